The zero-order chi connectivity index (χ0) is 17.2. The Labute approximate surface area is 145 Å². The second-order valence-electron chi connectivity index (χ2n) is 8.44. The first-order valence-electron chi connectivity index (χ1n) is 9.79. The molecule has 3 rings (SSSR count). The first kappa shape index (κ1) is 17.7. The first-order chi connectivity index (χ1) is 11.5. The van der Waals surface area contributed by atoms with Gasteiger partial charge in [0.05, 0.1) is 0 Å². The minimum Gasteiger partial charge on any atom is -0.356 e. The molecule has 2 saturated heterocycles. The molecule has 0 unspecified atom stereocenters. The van der Waals surface area contributed by atoms with Gasteiger partial charge in [-0.2, -0.15) is 0 Å². The fraction of sp³-hybridized carbons (Fsp3) is 0.895. The van der Waals surface area contributed by atoms with Crippen molar-refractivity contribution in [2.75, 3.05) is 32.7 Å². The largest absolute Gasteiger partial charge is 0.356 e. The summed E-state index contributed by atoms with van der Waals surface area (Å²) < 4.78 is 0. The number of nitrogens with one attached hydrogen (secondary N) is 2. The van der Waals surface area contributed by atoms with E-state index >= 15 is 0 Å². The molecule has 2 heterocycles. The zero-order valence-corrected chi connectivity index (χ0v) is 15.3. The Bertz CT molecular complexity index is 463. The smallest absolute Gasteiger partial charge is 0.226 e. The van der Waals surface area contributed by atoms with E-state index in [1.54, 1.807) is 0 Å². The highest BCUT2D eigenvalue weighted by atomic mass is 16.2. The van der Waals surface area contributed by atoms with Gasteiger partial charge >= 0.3 is 0 Å². The molecule has 2 aliphatic heterocycles. The summed E-state index contributed by atoms with van der Waals surface area (Å²) in [4.78, 5) is 27.0. The Morgan fingerprint density at radius 1 is 1.21 bits per heavy atom. The third kappa shape index (κ3) is 3.93. The predicted octanol–water partition coefficient (Wildman–Crippen LogP) is 1.78. The fourth-order valence-corrected chi connectivity index (χ4v) is 4.38. The molecule has 136 valence electrons. The molecule has 0 aromatic heterocycles. The lowest BCUT2D eigenvalue weighted by Gasteiger charge is -2.32. The number of piperidine rings is 2. The van der Waals surface area contributed by atoms with Crippen LogP contribution < -0.4 is 10.6 Å². The van der Waals surface area contributed by atoms with Crippen LogP contribution in [0.5, 0.6) is 0 Å². The summed E-state index contributed by atoms with van der Waals surface area (Å²) in [6, 6.07) is 0. The Morgan fingerprint density at radius 2 is 1.88 bits per heavy atom. The molecule has 24 heavy (non-hydrogen) atoms. The van der Waals surface area contributed by atoms with Crippen LogP contribution in [0.4, 0.5) is 0 Å². The lowest BCUT2D eigenvalue weighted by Crippen LogP contribution is -2.44. The summed E-state index contributed by atoms with van der Waals surface area (Å²) in [5, 5.41) is 6.45. The highest BCUT2D eigenvalue weighted by Gasteiger charge is 2.58. The number of likely N-dealkylation sites (tertiary alicyclic amines) is 1. The number of nitrogens with zero attached hydrogens (tertiary/aromatic N) is 1. The van der Waals surface area contributed by atoms with E-state index in [1.165, 1.54) is 0 Å². The van der Waals surface area contributed by atoms with Crippen molar-refractivity contribution >= 4 is 11.8 Å². The van der Waals surface area contributed by atoms with E-state index in [-0.39, 0.29) is 17.7 Å². The summed E-state index contributed by atoms with van der Waals surface area (Å²) in [7, 11) is 0. The summed E-state index contributed by atoms with van der Waals surface area (Å²) in [5.74, 6) is 1.51. The molecule has 0 aromatic carbocycles. The minimum absolute atomic E-state index is 0.0910. The second-order valence-corrected chi connectivity index (χ2v) is 8.44. The van der Waals surface area contributed by atoms with Crippen molar-refractivity contribution in [2.45, 2.75) is 52.4 Å². The standard InChI is InChI=1S/C19H33N3O2/c1-14(2)3-8-21-17(23)15-4-11-22(12-5-15)18(24)16-13-19(16)6-9-20-10-7-19/h14-16,20H,3-13H2,1-2H3,(H,21,23)/t16-/m1/s1. The molecule has 1 saturated carbocycles. The van der Waals surface area contributed by atoms with Crippen LogP contribution >= 0.6 is 0 Å². The molecule has 5 heteroatoms. The SMILES string of the molecule is CC(C)CCNC(=O)C1CCN(C(=O)[C@H]2CC23CCNCC3)CC1. The maximum absolute atomic E-state index is 12.8. The topological polar surface area (TPSA) is 61.4 Å². The summed E-state index contributed by atoms with van der Waals surface area (Å²) >= 11 is 0. The van der Waals surface area contributed by atoms with Crippen molar-refractivity contribution in [1.29, 1.82) is 0 Å². The minimum atomic E-state index is 0.0910. The Kier molecular flexibility index (Phi) is 5.48. The van der Waals surface area contributed by atoms with Crippen molar-refractivity contribution in [1.82, 2.24) is 15.5 Å². The molecule has 2 N–H and O–H groups in total. The van der Waals surface area contributed by atoms with Crippen LogP contribution in [-0.2, 0) is 9.59 Å². The summed E-state index contributed by atoms with van der Waals surface area (Å²) in [5.41, 5.74) is 0.313. The van der Waals surface area contributed by atoms with Gasteiger partial charge in [-0.15, -0.1) is 0 Å². The van der Waals surface area contributed by atoms with Crippen LogP contribution in [0.1, 0.15) is 52.4 Å². The van der Waals surface area contributed by atoms with Gasteiger partial charge in [-0.25, -0.2) is 0 Å². The molecule has 0 aromatic rings. The maximum atomic E-state index is 12.8. The maximum Gasteiger partial charge on any atom is 0.226 e. The van der Waals surface area contributed by atoms with E-state index in [2.05, 4.69) is 24.5 Å². The van der Waals surface area contributed by atoms with Crippen LogP contribution in [0.3, 0.4) is 0 Å². The molecule has 0 radical (unpaired) electrons. The van der Waals surface area contributed by atoms with E-state index in [4.69, 9.17) is 0 Å². The van der Waals surface area contributed by atoms with Crippen molar-refractivity contribution in [2.24, 2.45) is 23.2 Å². The lowest BCUT2D eigenvalue weighted by molar-refractivity contribution is -0.137. The number of amides is 2. The van der Waals surface area contributed by atoms with Crippen LogP contribution in [0.15, 0.2) is 0 Å². The number of hydrogen-bond donors (Lipinski definition) is 2. The number of rotatable bonds is 5. The second kappa shape index (κ2) is 7.42. The zero-order valence-electron chi connectivity index (χ0n) is 15.3. The van der Waals surface area contributed by atoms with E-state index in [1.807, 2.05) is 4.90 Å². The highest BCUT2D eigenvalue weighted by molar-refractivity contribution is 5.83. The van der Waals surface area contributed by atoms with Gasteiger partial charge in [-0.1, -0.05) is 13.8 Å². The number of hydrogen-bond acceptors (Lipinski definition) is 3. The third-order valence-electron chi connectivity index (χ3n) is 6.29. The molecule has 3 aliphatic rings. The van der Waals surface area contributed by atoms with Gasteiger partial charge in [0.1, 0.15) is 0 Å². The molecule has 1 atom stereocenters. The fourth-order valence-electron chi connectivity index (χ4n) is 4.38. The van der Waals surface area contributed by atoms with Gasteiger partial charge in [-0.3, -0.25) is 9.59 Å². The van der Waals surface area contributed by atoms with Crippen molar-refractivity contribution in [3.05, 3.63) is 0 Å². The molecular formula is C19H33N3O2. The van der Waals surface area contributed by atoms with E-state index in [0.717, 1.165) is 71.2 Å². The molecular weight excluding hydrogens is 302 g/mol. The van der Waals surface area contributed by atoms with Crippen molar-refractivity contribution in [3.8, 4) is 0 Å². The van der Waals surface area contributed by atoms with Crippen LogP contribution in [0, 0.1) is 23.2 Å². The molecule has 0 bridgehead atoms. The number of carbonyl (C=O) groups excluding carboxylic acids is 2. The average Bonchev–Trinajstić information content (AvgIpc) is 3.27. The monoisotopic (exact) mass is 335 g/mol. The van der Waals surface area contributed by atoms with Gasteiger partial charge in [-0.05, 0) is 62.9 Å². The average molecular weight is 335 g/mol. The van der Waals surface area contributed by atoms with E-state index in [9.17, 15) is 9.59 Å². The summed E-state index contributed by atoms with van der Waals surface area (Å²) in [6.07, 6.45) is 6.06. The number of carbonyl (C=O) groups is 2. The van der Waals surface area contributed by atoms with Crippen LogP contribution in [0.2, 0.25) is 0 Å². The van der Waals surface area contributed by atoms with Crippen LogP contribution in [0.25, 0.3) is 0 Å². The van der Waals surface area contributed by atoms with Gasteiger partial charge < -0.3 is 15.5 Å². The molecule has 1 spiro atoms. The Morgan fingerprint density at radius 3 is 2.50 bits per heavy atom. The third-order valence-corrected chi connectivity index (χ3v) is 6.29. The quantitative estimate of drug-likeness (QED) is 0.805. The Hall–Kier alpha value is -1.10. The van der Waals surface area contributed by atoms with E-state index < -0.39 is 0 Å². The normalized spacial score (nSPS) is 26.6. The van der Waals surface area contributed by atoms with Gasteiger partial charge in [0.15, 0.2) is 0 Å². The van der Waals surface area contributed by atoms with Crippen LogP contribution in [-0.4, -0.2) is 49.4 Å². The van der Waals surface area contributed by atoms with Gasteiger partial charge in [0.2, 0.25) is 11.8 Å². The molecule has 5 nitrogen and oxygen atoms in total. The highest BCUT2D eigenvalue weighted by Crippen LogP contribution is 2.59. The van der Waals surface area contributed by atoms with Crippen molar-refractivity contribution in [3.63, 3.8) is 0 Å². The lowest BCUT2D eigenvalue weighted by atomic mass is 9.90. The molecule has 2 amide bonds. The molecule has 1 aliphatic carbocycles. The molecule has 3 fully saturated rings. The Balaban J connectivity index is 1.40. The first-order valence-corrected chi connectivity index (χ1v) is 9.79. The van der Waals surface area contributed by atoms with Gasteiger partial charge in [0.25, 0.3) is 0 Å². The van der Waals surface area contributed by atoms with E-state index in [0.29, 0.717) is 17.2 Å². The van der Waals surface area contributed by atoms with Crippen molar-refractivity contribution < 1.29 is 9.59 Å². The van der Waals surface area contributed by atoms with Gasteiger partial charge in [0, 0.05) is 31.5 Å². The predicted molar refractivity (Wildman–Crippen MR) is 94.4 cm³/mol. The summed E-state index contributed by atoms with van der Waals surface area (Å²) in [6.45, 7) is 8.74.